The van der Waals surface area contributed by atoms with Crippen LogP contribution in [0.2, 0.25) is 0 Å². The highest BCUT2D eigenvalue weighted by Gasteiger charge is 2.51. The van der Waals surface area contributed by atoms with Gasteiger partial charge in [-0.25, -0.2) is 0 Å². The van der Waals surface area contributed by atoms with E-state index in [1.54, 1.807) is 0 Å². The summed E-state index contributed by atoms with van der Waals surface area (Å²) < 4.78 is 11.7. The first-order chi connectivity index (χ1) is 25.8. The van der Waals surface area contributed by atoms with Crippen molar-refractivity contribution in [3.05, 3.63) is 198 Å². The Kier molecular flexibility index (Phi) is 5.62. The number of nitrogens with zero attached hydrogens (tertiary/aromatic N) is 1. The molecule has 0 radical (unpaired) electrons. The van der Waals surface area contributed by atoms with Gasteiger partial charge in [-0.3, -0.25) is 0 Å². The van der Waals surface area contributed by atoms with E-state index in [0.29, 0.717) is 0 Å². The molecule has 3 heteroatoms. The smallest absolute Gasteiger partial charge is 0.132 e. The summed E-state index contributed by atoms with van der Waals surface area (Å²) in [5.74, 6) is 1.82. The number of benzene rings is 8. The van der Waals surface area contributed by atoms with Gasteiger partial charge in [-0.1, -0.05) is 121 Å². The van der Waals surface area contributed by atoms with Gasteiger partial charge in [-0.2, -0.15) is 0 Å². The number of rotatable bonds is 2. The average molecular weight is 680 g/mol. The highest BCUT2D eigenvalue weighted by molar-refractivity contribution is 7.26. The van der Waals surface area contributed by atoms with Crippen LogP contribution < -0.4 is 4.74 Å². The van der Waals surface area contributed by atoms with E-state index in [1.165, 1.54) is 86.5 Å². The molecule has 0 fully saturated rings. The third-order valence-electron chi connectivity index (χ3n) is 11.5. The second kappa shape index (κ2) is 10.3. The van der Waals surface area contributed by atoms with E-state index in [1.807, 2.05) is 11.3 Å². The van der Waals surface area contributed by atoms with E-state index in [9.17, 15) is 0 Å². The minimum Gasteiger partial charge on any atom is -0.457 e. The first-order valence-corrected chi connectivity index (χ1v) is 18.7. The number of hydrogen-bond acceptors (Lipinski definition) is 2. The Morgan fingerprint density at radius 1 is 0.423 bits per heavy atom. The lowest BCUT2D eigenvalue weighted by molar-refractivity contribution is 0.436. The zero-order chi connectivity index (χ0) is 34.0. The van der Waals surface area contributed by atoms with Crippen LogP contribution in [0.25, 0.3) is 69.9 Å². The first kappa shape index (κ1) is 28.3. The van der Waals surface area contributed by atoms with Crippen molar-refractivity contribution in [2.75, 3.05) is 0 Å². The van der Waals surface area contributed by atoms with E-state index in [0.717, 1.165) is 17.2 Å². The van der Waals surface area contributed by atoms with Gasteiger partial charge in [-0.05, 0) is 88.0 Å². The van der Waals surface area contributed by atoms with Crippen LogP contribution in [-0.4, -0.2) is 4.57 Å². The van der Waals surface area contributed by atoms with Gasteiger partial charge in [0.15, 0.2) is 0 Å². The van der Waals surface area contributed by atoms with Crippen molar-refractivity contribution >= 4 is 53.3 Å². The standard InChI is InChI=1S/C49H29NOS/c1-2-13-31(14-3-1)50-43-26-25-30(32-17-12-18-35-34-16-5-11-24-47(34)52-48(32)35)27-37(43)38-28-36-33-15-4-6-19-39(33)49(42(36)29-44(38)50)40-20-7-9-22-45(40)51-46-23-10-8-21-41(46)49/h1-29H. The van der Waals surface area contributed by atoms with Crippen LogP contribution in [0.4, 0.5) is 0 Å². The van der Waals surface area contributed by atoms with Crippen molar-refractivity contribution in [1.29, 1.82) is 0 Å². The summed E-state index contributed by atoms with van der Waals surface area (Å²) in [7, 11) is 0. The topological polar surface area (TPSA) is 14.2 Å². The number of thiophene rings is 1. The second-order valence-electron chi connectivity index (χ2n) is 14.0. The largest absolute Gasteiger partial charge is 0.457 e. The van der Waals surface area contributed by atoms with Gasteiger partial charge in [0.1, 0.15) is 11.5 Å². The summed E-state index contributed by atoms with van der Waals surface area (Å²) in [6.45, 7) is 0. The van der Waals surface area contributed by atoms with Gasteiger partial charge in [-0.15, -0.1) is 11.3 Å². The number of hydrogen-bond donors (Lipinski definition) is 0. The van der Waals surface area contributed by atoms with Crippen LogP contribution in [-0.2, 0) is 5.41 Å². The van der Waals surface area contributed by atoms with E-state index in [4.69, 9.17) is 4.74 Å². The Bertz CT molecular complexity index is 3070. The summed E-state index contributed by atoms with van der Waals surface area (Å²) >= 11 is 1.89. The summed E-state index contributed by atoms with van der Waals surface area (Å²) in [5, 5.41) is 5.15. The minimum atomic E-state index is -0.522. The molecule has 0 saturated carbocycles. The molecule has 0 N–H and O–H groups in total. The molecule has 0 unspecified atom stereocenters. The van der Waals surface area contributed by atoms with Crippen LogP contribution >= 0.6 is 11.3 Å². The number of aromatic nitrogens is 1. The maximum absolute atomic E-state index is 6.62. The highest BCUT2D eigenvalue weighted by Crippen LogP contribution is 2.62. The lowest BCUT2D eigenvalue weighted by Gasteiger charge is -2.39. The maximum atomic E-state index is 6.62. The SMILES string of the molecule is c1ccc(-n2c3ccc(-c4cccc5c4sc4ccccc45)cc3c3cc4c(cc32)C2(c3ccccc3Oc3ccccc32)c2ccccc2-4)cc1. The number of para-hydroxylation sites is 3. The molecule has 0 atom stereocenters. The zero-order valence-corrected chi connectivity index (χ0v) is 28.8. The third-order valence-corrected chi connectivity index (χ3v) is 12.7. The zero-order valence-electron chi connectivity index (χ0n) is 28.0. The fourth-order valence-corrected chi connectivity index (χ4v) is 10.6. The number of ether oxygens (including phenoxy) is 1. The molecule has 1 aliphatic carbocycles. The molecule has 3 heterocycles. The molecule has 1 spiro atoms. The molecule has 52 heavy (non-hydrogen) atoms. The molecule has 12 rings (SSSR count). The summed E-state index contributed by atoms with van der Waals surface area (Å²) in [4.78, 5) is 0. The number of fused-ring (bicyclic) bond motifs is 15. The van der Waals surface area contributed by atoms with E-state index < -0.39 is 5.41 Å². The van der Waals surface area contributed by atoms with Crippen LogP contribution in [0.15, 0.2) is 176 Å². The molecular weight excluding hydrogens is 651 g/mol. The fraction of sp³-hybridized carbons (Fsp3) is 0.0204. The first-order valence-electron chi connectivity index (χ1n) is 17.8. The Morgan fingerprint density at radius 2 is 1.08 bits per heavy atom. The Hall–Kier alpha value is -6.42. The summed E-state index contributed by atoms with van der Waals surface area (Å²) in [5.41, 5.74) is 13.1. The average Bonchev–Trinajstić information content (AvgIpc) is 3.84. The van der Waals surface area contributed by atoms with Crippen LogP contribution in [0.3, 0.4) is 0 Å². The van der Waals surface area contributed by atoms with Crippen molar-refractivity contribution in [1.82, 2.24) is 4.57 Å². The highest BCUT2D eigenvalue weighted by atomic mass is 32.1. The molecule has 0 saturated heterocycles. The fourth-order valence-electron chi connectivity index (χ4n) is 9.36. The van der Waals surface area contributed by atoms with Crippen LogP contribution in [0.1, 0.15) is 22.3 Å². The van der Waals surface area contributed by atoms with Gasteiger partial charge in [0.25, 0.3) is 0 Å². The van der Waals surface area contributed by atoms with Crippen molar-refractivity contribution in [2.45, 2.75) is 5.41 Å². The molecule has 2 aliphatic rings. The van der Waals surface area contributed by atoms with Crippen LogP contribution in [0, 0.1) is 0 Å². The van der Waals surface area contributed by atoms with Gasteiger partial charge in [0, 0.05) is 47.8 Å². The molecule has 242 valence electrons. The van der Waals surface area contributed by atoms with Gasteiger partial charge >= 0.3 is 0 Å². The lowest BCUT2D eigenvalue weighted by atomic mass is 9.66. The molecule has 2 aromatic heterocycles. The summed E-state index contributed by atoms with van der Waals surface area (Å²) in [6.07, 6.45) is 0. The second-order valence-corrected chi connectivity index (χ2v) is 15.0. The van der Waals surface area contributed by atoms with Crippen molar-refractivity contribution in [2.24, 2.45) is 0 Å². The van der Waals surface area contributed by atoms with E-state index >= 15 is 0 Å². The molecule has 8 aromatic carbocycles. The molecule has 2 nitrogen and oxygen atoms in total. The maximum Gasteiger partial charge on any atom is 0.132 e. The van der Waals surface area contributed by atoms with Gasteiger partial charge in [0.2, 0.25) is 0 Å². The quantitative estimate of drug-likeness (QED) is 0.177. The lowest BCUT2D eigenvalue weighted by Crippen LogP contribution is -2.32. The predicted octanol–water partition coefficient (Wildman–Crippen LogP) is 13.3. The molecular formula is C49H29NOS. The summed E-state index contributed by atoms with van der Waals surface area (Å²) in [6, 6.07) is 64.6. The van der Waals surface area contributed by atoms with Crippen LogP contribution in [0.5, 0.6) is 11.5 Å². The third kappa shape index (κ3) is 3.58. The van der Waals surface area contributed by atoms with E-state index in [2.05, 4.69) is 180 Å². The molecule has 0 amide bonds. The Balaban J connectivity index is 1.20. The van der Waals surface area contributed by atoms with Crippen molar-refractivity contribution < 1.29 is 4.74 Å². The Labute approximate surface area is 304 Å². The molecule has 10 aromatic rings. The monoisotopic (exact) mass is 679 g/mol. The predicted molar refractivity (Wildman–Crippen MR) is 216 cm³/mol. The van der Waals surface area contributed by atoms with Gasteiger partial charge < -0.3 is 9.30 Å². The normalized spacial score (nSPS) is 13.7. The van der Waals surface area contributed by atoms with E-state index in [-0.39, 0.29) is 0 Å². The van der Waals surface area contributed by atoms with Crippen molar-refractivity contribution in [3.63, 3.8) is 0 Å². The molecule has 1 aliphatic heterocycles. The van der Waals surface area contributed by atoms with Gasteiger partial charge in [0.05, 0.1) is 16.4 Å². The Morgan fingerprint density at radius 3 is 1.90 bits per heavy atom. The van der Waals surface area contributed by atoms with Crippen molar-refractivity contribution in [3.8, 4) is 39.4 Å². The molecule has 0 bridgehead atoms. The minimum absolute atomic E-state index is 0.522.